The molecule has 5 heteroatoms. The van der Waals surface area contributed by atoms with Gasteiger partial charge in [-0.15, -0.1) is 0 Å². The first kappa shape index (κ1) is 15.8. The summed E-state index contributed by atoms with van der Waals surface area (Å²) < 4.78 is 0. The molecule has 0 saturated carbocycles. The number of nitrogen functional groups attached to an aromatic ring is 1. The predicted octanol–water partition coefficient (Wildman–Crippen LogP) is 2.98. The van der Waals surface area contributed by atoms with Crippen LogP contribution >= 0.6 is 11.6 Å². The van der Waals surface area contributed by atoms with Gasteiger partial charge in [0.15, 0.2) is 0 Å². The maximum Gasteiger partial charge on any atom is 0.238 e. The number of anilines is 2. The Kier molecular flexibility index (Phi) is 6.12. The molecule has 0 bridgehead atoms. The fourth-order valence-electron chi connectivity index (χ4n) is 1.85. The molecular weight excluding hydrogens is 262 g/mol. The quantitative estimate of drug-likeness (QED) is 0.789. The zero-order valence-corrected chi connectivity index (χ0v) is 12.5. The predicted molar refractivity (Wildman–Crippen MR) is 81.5 cm³/mol. The van der Waals surface area contributed by atoms with Crippen molar-refractivity contribution in [3.05, 3.63) is 23.2 Å². The van der Waals surface area contributed by atoms with Crippen LogP contribution in [0.5, 0.6) is 0 Å². The molecule has 1 unspecified atom stereocenters. The highest BCUT2D eigenvalue weighted by molar-refractivity contribution is 6.33. The molecule has 0 fully saturated rings. The number of rotatable bonds is 6. The second kappa shape index (κ2) is 7.36. The van der Waals surface area contributed by atoms with Crippen LogP contribution in [0, 0.1) is 0 Å². The van der Waals surface area contributed by atoms with Crippen LogP contribution in [0.4, 0.5) is 11.4 Å². The number of hydrogen-bond donors (Lipinski definition) is 2. The molecule has 0 saturated heterocycles. The lowest BCUT2D eigenvalue weighted by Gasteiger charge is -2.26. The molecule has 1 rings (SSSR count). The highest BCUT2D eigenvalue weighted by Crippen LogP contribution is 2.24. The standard InChI is InChI=1S/C14H22ClN3O/c1-4-10(3)18(5-2)9-14(19)17-13-8-11(16)6-7-12(13)15/h6-8,10H,4-5,9,16H2,1-3H3,(H,17,19). The minimum atomic E-state index is -0.0744. The second-order valence-corrected chi connectivity index (χ2v) is 5.02. The van der Waals surface area contributed by atoms with Gasteiger partial charge in [-0.1, -0.05) is 25.4 Å². The van der Waals surface area contributed by atoms with Crippen molar-refractivity contribution in [1.29, 1.82) is 0 Å². The molecule has 0 aliphatic rings. The minimum Gasteiger partial charge on any atom is -0.399 e. The van der Waals surface area contributed by atoms with E-state index in [4.69, 9.17) is 17.3 Å². The summed E-state index contributed by atoms with van der Waals surface area (Å²) >= 11 is 6.02. The van der Waals surface area contributed by atoms with Crippen LogP contribution < -0.4 is 11.1 Å². The summed E-state index contributed by atoms with van der Waals surface area (Å²) in [5.74, 6) is -0.0744. The summed E-state index contributed by atoms with van der Waals surface area (Å²) in [6.07, 6.45) is 1.01. The van der Waals surface area contributed by atoms with Gasteiger partial charge in [-0.3, -0.25) is 9.69 Å². The van der Waals surface area contributed by atoms with Crippen LogP contribution in [0.1, 0.15) is 27.2 Å². The fourth-order valence-corrected chi connectivity index (χ4v) is 2.02. The zero-order chi connectivity index (χ0) is 14.4. The number of nitrogens with one attached hydrogen (secondary N) is 1. The van der Waals surface area contributed by atoms with E-state index in [0.717, 1.165) is 13.0 Å². The number of nitrogens with two attached hydrogens (primary N) is 1. The number of benzene rings is 1. The summed E-state index contributed by atoms with van der Waals surface area (Å²) in [6.45, 7) is 7.47. The van der Waals surface area contributed by atoms with Crippen LogP contribution in [0.2, 0.25) is 5.02 Å². The Morgan fingerprint density at radius 1 is 1.47 bits per heavy atom. The first-order chi connectivity index (χ1) is 8.97. The first-order valence-corrected chi connectivity index (χ1v) is 6.94. The third kappa shape index (κ3) is 4.73. The van der Waals surface area contributed by atoms with Gasteiger partial charge in [0.2, 0.25) is 5.91 Å². The third-order valence-corrected chi connectivity index (χ3v) is 3.56. The van der Waals surface area contributed by atoms with Crippen molar-refractivity contribution in [2.24, 2.45) is 0 Å². The number of carbonyl (C=O) groups excluding carboxylic acids is 1. The third-order valence-electron chi connectivity index (χ3n) is 3.23. The number of nitrogens with zero attached hydrogens (tertiary/aromatic N) is 1. The SMILES string of the molecule is CCC(C)N(CC)CC(=O)Nc1cc(N)ccc1Cl. The van der Waals surface area contributed by atoms with Gasteiger partial charge in [0.05, 0.1) is 17.3 Å². The van der Waals surface area contributed by atoms with Gasteiger partial charge in [-0.2, -0.15) is 0 Å². The summed E-state index contributed by atoms with van der Waals surface area (Å²) in [4.78, 5) is 14.1. The minimum absolute atomic E-state index is 0.0744. The van der Waals surface area contributed by atoms with Crippen LogP contribution in [-0.2, 0) is 4.79 Å². The molecule has 1 aromatic carbocycles. The highest BCUT2D eigenvalue weighted by atomic mass is 35.5. The molecule has 1 atom stereocenters. The number of likely N-dealkylation sites (N-methyl/N-ethyl adjacent to an activating group) is 1. The fraction of sp³-hybridized carbons (Fsp3) is 0.500. The number of carbonyl (C=O) groups is 1. The average molecular weight is 284 g/mol. The van der Waals surface area contributed by atoms with Crippen molar-refractivity contribution in [3.63, 3.8) is 0 Å². The van der Waals surface area contributed by atoms with Crippen molar-refractivity contribution in [2.75, 3.05) is 24.1 Å². The van der Waals surface area contributed by atoms with E-state index >= 15 is 0 Å². The largest absolute Gasteiger partial charge is 0.399 e. The molecule has 0 aromatic heterocycles. The van der Waals surface area contributed by atoms with Crippen LogP contribution in [0.15, 0.2) is 18.2 Å². The number of halogens is 1. The summed E-state index contributed by atoms with van der Waals surface area (Å²) in [7, 11) is 0. The van der Waals surface area contributed by atoms with E-state index < -0.39 is 0 Å². The molecule has 0 aliphatic carbocycles. The molecule has 1 amide bonds. The van der Waals surface area contributed by atoms with Crippen LogP contribution in [0.25, 0.3) is 0 Å². The van der Waals surface area contributed by atoms with Crippen molar-refractivity contribution < 1.29 is 4.79 Å². The average Bonchev–Trinajstić information content (AvgIpc) is 2.39. The maximum atomic E-state index is 12.0. The Labute approximate surface area is 119 Å². The molecule has 4 nitrogen and oxygen atoms in total. The molecule has 1 aromatic rings. The Bertz CT molecular complexity index is 437. The van der Waals surface area contributed by atoms with E-state index in [1.807, 2.05) is 6.92 Å². The van der Waals surface area contributed by atoms with E-state index in [1.54, 1.807) is 18.2 Å². The Morgan fingerprint density at radius 2 is 2.16 bits per heavy atom. The van der Waals surface area contributed by atoms with Gasteiger partial charge in [0.25, 0.3) is 0 Å². The molecule has 106 valence electrons. The topological polar surface area (TPSA) is 58.4 Å². The van der Waals surface area contributed by atoms with Gasteiger partial charge in [0, 0.05) is 11.7 Å². The van der Waals surface area contributed by atoms with Crippen molar-refractivity contribution >= 4 is 28.9 Å². The van der Waals surface area contributed by atoms with E-state index in [1.165, 1.54) is 0 Å². The lowest BCUT2D eigenvalue weighted by molar-refractivity contribution is -0.117. The monoisotopic (exact) mass is 283 g/mol. The second-order valence-electron chi connectivity index (χ2n) is 4.61. The van der Waals surface area contributed by atoms with Crippen LogP contribution in [0.3, 0.4) is 0 Å². The summed E-state index contributed by atoms with van der Waals surface area (Å²) in [5, 5.41) is 3.30. The lowest BCUT2D eigenvalue weighted by Crippen LogP contribution is -2.39. The van der Waals surface area contributed by atoms with E-state index in [0.29, 0.717) is 29.0 Å². The Hall–Kier alpha value is -1.26. The molecule has 3 N–H and O–H groups in total. The van der Waals surface area contributed by atoms with Crippen LogP contribution in [-0.4, -0.2) is 29.9 Å². The van der Waals surface area contributed by atoms with E-state index in [9.17, 15) is 4.79 Å². The normalized spacial score (nSPS) is 12.5. The van der Waals surface area contributed by atoms with Gasteiger partial charge in [0.1, 0.15) is 0 Å². The summed E-state index contributed by atoms with van der Waals surface area (Å²) in [5.41, 5.74) is 6.82. The highest BCUT2D eigenvalue weighted by Gasteiger charge is 2.15. The molecule has 0 heterocycles. The molecule has 19 heavy (non-hydrogen) atoms. The van der Waals surface area contributed by atoms with Crippen molar-refractivity contribution in [3.8, 4) is 0 Å². The Morgan fingerprint density at radius 3 is 2.74 bits per heavy atom. The summed E-state index contributed by atoms with van der Waals surface area (Å²) in [6, 6.07) is 5.43. The van der Waals surface area contributed by atoms with Gasteiger partial charge >= 0.3 is 0 Å². The first-order valence-electron chi connectivity index (χ1n) is 6.56. The number of amides is 1. The smallest absolute Gasteiger partial charge is 0.238 e. The molecule has 0 radical (unpaired) electrons. The van der Waals surface area contributed by atoms with Gasteiger partial charge in [-0.05, 0) is 38.1 Å². The van der Waals surface area contributed by atoms with Crippen molar-refractivity contribution in [1.82, 2.24) is 4.90 Å². The molecule has 0 aliphatic heterocycles. The van der Waals surface area contributed by atoms with Gasteiger partial charge in [-0.25, -0.2) is 0 Å². The molecular formula is C14H22ClN3O. The van der Waals surface area contributed by atoms with Crippen molar-refractivity contribution in [2.45, 2.75) is 33.2 Å². The molecule has 0 spiro atoms. The van der Waals surface area contributed by atoms with E-state index in [2.05, 4.69) is 24.1 Å². The van der Waals surface area contributed by atoms with E-state index in [-0.39, 0.29) is 5.91 Å². The van der Waals surface area contributed by atoms with Gasteiger partial charge < -0.3 is 11.1 Å². The Balaban J connectivity index is 2.66. The zero-order valence-electron chi connectivity index (χ0n) is 11.7. The number of hydrogen-bond acceptors (Lipinski definition) is 3. The lowest BCUT2D eigenvalue weighted by atomic mass is 10.2. The maximum absolute atomic E-state index is 12.0.